The van der Waals surface area contributed by atoms with Crippen molar-refractivity contribution in [2.45, 2.75) is 38.2 Å². The molecule has 2 aromatic rings. The largest absolute Gasteiger partial charge is 0.445 e. The van der Waals surface area contributed by atoms with Gasteiger partial charge in [-0.1, -0.05) is 6.07 Å². The Bertz CT molecular complexity index is 637. The number of hydrogen-bond donors (Lipinski definition) is 2. The van der Waals surface area contributed by atoms with E-state index in [1.807, 2.05) is 24.3 Å². The Hall–Kier alpha value is -2.34. The summed E-state index contributed by atoms with van der Waals surface area (Å²) in [5.41, 5.74) is 1.53. The van der Waals surface area contributed by atoms with E-state index in [0.29, 0.717) is 24.2 Å². The molecule has 6 heteroatoms. The van der Waals surface area contributed by atoms with Gasteiger partial charge in [0.1, 0.15) is 6.26 Å². The number of hydrogen-bond acceptors (Lipinski definition) is 4. The molecule has 0 radical (unpaired) electrons. The molecule has 0 saturated carbocycles. The number of ether oxygens (including phenoxy) is 1. The first-order valence-electron chi connectivity index (χ1n) is 8.47. The number of carbonyl (C=O) groups is 1. The minimum Gasteiger partial charge on any atom is -0.445 e. The Morgan fingerprint density at radius 1 is 1.33 bits per heavy atom. The van der Waals surface area contributed by atoms with Crippen LogP contribution in [-0.2, 0) is 4.74 Å². The standard InChI is InChI=1S/C18H23N3O3/c22-18(20-9-4-8-16-7-1-2-11-23-16)21-15-6-3-5-14(13-15)17-19-10-12-24-17/h3,5-6,10,12-13,16H,1-2,4,7-9,11H2,(H2,20,21,22)/t16-/m0/s1. The second-order valence-corrected chi connectivity index (χ2v) is 5.93. The zero-order valence-corrected chi connectivity index (χ0v) is 13.7. The van der Waals surface area contributed by atoms with Crippen LogP contribution in [-0.4, -0.2) is 30.3 Å². The fourth-order valence-electron chi connectivity index (χ4n) is 2.84. The molecule has 1 aliphatic rings. The Morgan fingerprint density at radius 2 is 2.29 bits per heavy atom. The highest BCUT2D eigenvalue weighted by Gasteiger charge is 2.13. The number of benzene rings is 1. The lowest BCUT2D eigenvalue weighted by Gasteiger charge is -2.22. The van der Waals surface area contributed by atoms with E-state index in [-0.39, 0.29) is 6.03 Å². The Balaban J connectivity index is 1.41. The number of amides is 2. The normalized spacial score (nSPS) is 17.4. The molecule has 3 rings (SSSR count). The van der Waals surface area contributed by atoms with Gasteiger partial charge in [-0.3, -0.25) is 0 Å². The summed E-state index contributed by atoms with van der Waals surface area (Å²) in [6.07, 6.45) is 8.97. The molecule has 1 atom stereocenters. The number of rotatable bonds is 6. The molecule has 1 aliphatic heterocycles. The highest BCUT2D eigenvalue weighted by Crippen LogP contribution is 2.21. The number of anilines is 1. The molecule has 0 aliphatic carbocycles. The second-order valence-electron chi connectivity index (χ2n) is 5.93. The molecule has 0 bridgehead atoms. The Morgan fingerprint density at radius 3 is 3.08 bits per heavy atom. The maximum Gasteiger partial charge on any atom is 0.319 e. The van der Waals surface area contributed by atoms with Crippen molar-refractivity contribution in [3.05, 3.63) is 36.7 Å². The number of carbonyl (C=O) groups excluding carboxylic acids is 1. The maximum atomic E-state index is 12.0. The highest BCUT2D eigenvalue weighted by molar-refractivity contribution is 5.89. The molecule has 0 spiro atoms. The molecule has 1 fully saturated rings. The number of oxazole rings is 1. The molecular formula is C18H23N3O3. The van der Waals surface area contributed by atoms with Gasteiger partial charge in [-0.25, -0.2) is 9.78 Å². The third kappa shape index (κ3) is 4.83. The second kappa shape index (κ2) is 8.49. The van der Waals surface area contributed by atoms with Crippen LogP contribution in [0.5, 0.6) is 0 Å². The lowest BCUT2D eigenvalue weighted by atomic mass is 10.0. The molecule has 24 heavy (non-hydrogen) atoms. The van der Waals surface area contributed by atoms with Crippen molar-refractivity contribution in [1.82, 2.24) is 10.3 Å². The van der Waals surface area contributed by atoms with Crippen LogP contribution in [0, 0.1) is 0 Å². The minimum atomic E-state index is -0.205. The summed E-state index contributed by atoms with van der Waals surface area (Å²) < 4.78 is 11.0. The van der Waals surface area contributed by atoms with Crippen LogP contribution in [0.4, 0.5) is 10.5 Å². The van der Waals surface area contributed by atoms with Crippen LogP contribution < -0.4 is 10.6 Å². The fourth-order valence-corrected chi connectivity index (χ4v) is 2.84. The van der Waals surface area contributed by atoms with Crippen molar-refractivity contribution in [3.8, 4) is 11.5 Å². The van der Waals surface area contributed by atoms with E-state index in [9.17, 15) is 4.79 Å². The quantitative estimate of drug-likeness (QED) is 0.790. The summed E-state index contributed by atoms with van der Waals surface area (Å²) in [5.74, 6) is 0.534. The number of urea groups is 1. The molecule has 1 saturated heterocycles. The first kappa shape index (κ1) is 16.5. The lowest BCUT2D eigenvalue weighted by Crippen LogP contribution is -2.30. The van der Waals surface area contributed by atoms with E-state index < -0.39 is 0 Å². The highest BCUT2D eigenvalue weighted by atomic mass is 16.5. The van der Waals surface area contributed by atoms with Gasteiger partial charge >= 0.3 is 6.03 Å². The summed E-state index contributed by atoms with van der Waals surface area (Å²) in [6, 6.07) is 7.21. The topological polar surface area (TPSA) is 76.4 Å². The van der Waals surface area contributed by atoms with Crippen molar-refractivity contribution in [3.63, 3.8) is 0 Å². The van der Waals surface area contributed by atoms with Crippen LogP contribution in [0.1, 0.15) is 32.1 Å². The van der Waals surface area contributed by atoms with Crippen LogP contribution >= 0.6 is 0 Å². The van der Waals surface area contributed by atoms with E-state index in [1.165, 1.54) is 19.1 Å². The van der Waals surface area contributed by atoms with Crippen molar-refractivity contribution < 1.29 is 13.9 Å². The smallest absolute Gasteiger partial charge is 0.319 e. The zero-order chi connectivity index (χ0) is 16.6. The van der Waals surface area contributed by atoms with Crippen molar-refractivity contribution in [2.75, 3.05) is 18.5 Å². The van der Waals surface area contributed by atoms with Gasteiger partial charge in [-0.05, 0) is 50.3 Å². The summed E-state index contributed by atoms with van der Waals surface area (Å²) in [4.78, 5) is 16.1. The van der Waals surface area contributed by atoms with Crippen molar-refractivity contribution in [1.29, 1.82) is 0 Å². The predicted octanol–water partition coefficient (Wildman–Crippen LogP) is 3.81. The molecule has 128 valence electrons. The van der Waals surface area contributed by atoms with E-state index in [1.54, 1.807) is 6.20 Å². The van der Waals surface area contributed by atoms with Crippen LogP contribution in [0.15, 0.2) is 41.1 Å². The number of aromatic nitrogens is 1. The number of nitrogens with one attached hydrogen (secondary N) is 2. The summed E-state index contributed by atoms with van der Waals surface area (Å²) in [7, 11) is 0. The van der Waals surface area contributed by atoms with Gasteiger partial charge < -0.3 is 19.8 Å². The molecule has 2 amide bonds. The minimum absolute atomic E-state index is 0.205. The van der Waals surface area contributed by atoms with Crippen molar-refractivity contribution in [2.24, 2.45) is 0 Å². The van der Waals surface area contributed by atoms with Gasteiger partial charge in [0, 0.05) is 24.4 Å². The molecule has 2 N–H and O–H groups in total. The maximum absolute atomic E-state index is 12.0. The van der Waals surface area contributed by atoms with Crippen molar-refractivity contribution >= 4 is 11.7 Å². The molecule has 1 aromatic carbocycles. The summed E-state index contributed by atoms with van der Waals surface area (Å²) >= 11 is 0. The van der Waals surface area contributed by atoms with Gasteiger partial charge in [0.15, 0.2) is 0 Å². The first-order chi connectivity index (χ1) is 11.8. The van der Waals surface area contributed by atoms with Crippen LogP contribution in [0.25, 0.3) is 11.5 Å². The third-order valence-corrected chi connectivity index (χ3v) is 4.06. The summed E-state index contributed by atoms with van der Waals surface area (Å²) in [5, 5.41) is 5.71. The van der Waals surface area contributed by atoms with Gasteiger partial charge in [0.25, 0.3) is 0 Å². The Labute approximate surface area is 141 Å². The van der Waals surface area contributed by atoms with E-state index in [0.717, 1.165) is 31.4 Å². The van der Waals surface area contributed by atoms with E-state index in [4.69, 9.17) is 9.15 Å². The monoisotopic (exact) mass is 329 g/mol. The number of nitrogens with zero attached hydrogens (tertiary/aromatic N) is 1. The van der Waals surface area contributed by atoms with Gasteiger partial charge in [0.05, 0.1) is 12.3 Å². The molecule has 6 nitrogen and oxygen atoms in total. The van der Waals surface area contributed by atoms with Gasteiger partial charge in [-0.15, -0.1) is 0 Å². The Kier molecular flexibility index (Phi) is 5.85. The van der Waals surface area contributed by atoms with Crippen LogP contribution in [0.3, 0.4) is 0 Å². The van der Waals surface area contributed by atoms with E-state index >= 15 is 0 Å². The fraction of sp³-hybridized carbons (Fsp3) is 0.444. The lowest BCUT2D eigenvalue weighted by molar-refractivity contribution is 0.0103. The molecule has 2 heterocycles. The first-order valence-corrected chi connectivity index (χ1v) is 8.47. The molecule has 1 aromatic heterocycles. The molecule has 0 unspecified atom stereocenters. The molecular weight excluding hydrogens is 306 g/mol. The average Bonchev–Trinajstić information content (AvgIpc) is 3.15. The average molecular weight is 329 g/mol. The SMILES string of the molecule is O=C(NCCC[C@@H]1CCCCO1)Nc1cccc(-c2ncco2)c1. The van der Waals surface area contributed by atoms with Crippen LogP contribution in [0.2, 0.25) is 0 Å². The summed E-state index contributed by atoms with van der Waals surface area (Å²) in [6.45, 7) is 1.52. The predicted molar refractivity (Wildman–Crippen MR) is 91.8 cm³/mol. The zero-order valence-electron chi connectivity index (χ0n) is 13.7. The van der Waals surface area contributed by atoms with E-state index in [2.05, 4.69) is 15.6 Å². The van der Waals surface area contributed by atoms with Gasteiger partial charge in [0.2, 0.25) is 5.89 Å². The van der Waals surface area contributed by atoms with Gasteiger partial charge in [-0.2, -0.15) is 0 Å². The third-order valence-electron chi connectivity index (χ3n) is 4.06.